The number of rotatable bonds is 4. The van der Waals surface area contributed by atoms with Crippen LogP contribution >= 0.6 is 0 Å². The van der Waals surface area contributed by atoms with Gasteiger partial charge in [-0.25, -0.2) is 0 Å². The number of benzene rings is 2. The second-order valence-corrected chi connectivity index (χ2v) is 9.41. The van der Waals surface area contributed by atoms with Crippen molar-refractivity contribution in [2.24, 2.45) is 17.8 Å². The monoisotopic (exact) mass is 375 g/mol. The van der Waals surface area contributed by atoms with E-state index in [2.05, 4.69) is 30.4 Å². The van der Waals surface area contributed by atoms with E-state index in [-0.39, 0.29) is 5.91 Å². The number of aryl methyl sites for hydroxylation is 1. The molecule has 0 saturated heterocycles. The quantitative estimate of drug-likeness (QED) is 0.742. The van der Waals surface area contributed by atoms with Gasteiger partial charge in [-0.15, -0.1) is 0 Å². The Morgan fingerprint density at radius 2 is 1.57 bits per heavy atom. The minimum Gasteiger partial charge on any atom is -0.497 e. The second-order valence-electron chi connectivity index (χ2n) is 9.41. The molecule has 0 spiro atoms. The summed E-state index contributed by atoms with van der Waals surface area (Å²) in [6, 6.07) is 14.0. The van der Waals surface area contributed by atoms with Crippen LogP contribution in [0.15, 0.2) is 42.5 Å². The van der Waals surface area contributed by atoms with Gasteiger partial charge in [-0.1, -0.05) is 12.1 Å². The number of carbonyl (C=O) groups excluding carboxylic acids is 1. The molecule has 3 heteroatoms. The van der Waals surface area contributed by atoms with E-state index >= 15 is 0 Å². The Morgan fingerprint density at radius 1 is 0.964 bits per heavy atom. The summed E-state index contributed by atoms with van der Waals surface area (Å²) >= 11 is 0. The minimum atomic E-state index is -0.0756. The van der Waals surface area contributed by atoms with Gasteiger partial charge in [0.05, 0.1) is 7.11 Å². The molecule has 4 bridgehead atoms. The van der Waals surface area contributed by atoms with Crippen molar-refractivity contribution < 1.29 is 9.53 Å². The molecule has 4 aliphatic carbocycles. The lowest BCUT2D eigenvalue weighted by atomic mass is 9.48. The lowest BCUT2D eigenvalue weighted by molar-refractivity contribution is -0.00520. The van der Waals surface area contributed by atoms with Crippen LogP contribution in [0, 0.1) is 24.7 Å². The SMILES string of the molecule is COc1ccc(C(=O)Nc2ccc(C34CC5CC(CC(C5)C3)C4)cc2C)cc1. The number of ether oxygens (including phenoxy) is 1. The molecule has 4 saturated carbocycles. The van der Waals surface area contributed by atoms with E-state index in [0.717, 1.165) is 34.8 Å². The molecule has 28 heavy (non-hydrogen) atoms. The maximum absolute atomic E-state index is 12.6. The Balaban J connectivity index is 1.36. The fourth-order valence-corrected chi connectivity index (χ4v) is 6.53. The molecule has 2 aromatic carbocycles. The third-order valence-corrected chi connectivity index (χ3v) is 7.48. The summed E-state index contributed by atoms with van der Waals surface area (Å²) < 4.78 is 5.17. The molecule has 1 N–H and O–H groups in total. The van der Waals surface area contributed by atoms with E-state index in [1.165, 1.54) is 44.1 Å². The van der Waals surface area contributed by atoms with Crippen LogP contribution in [0.5, 0.6) is 5.75 Å². The van der Waals surface area contributed by atoms with Crippen LogP contribution < -0.4 is 10.1 Å². The van der Waals surface area contributed by atoms with Crippen molar-refractivity contribution in [2.75, 3.05) is 12.4 Å². The molecule has 4 aliphatic rings. The van der Waals surface area contributed by atoms with Crippen LogP contribution in [0.3, 0.4) is 0 Å². The summed E-state index contributed by atoms with van der Waals surface area (Å²) in [4.78, 5) is 12.6. The molecule has 146 valence electrons. The molecule has 0 aliphatic heterocycles. The van der Waals surface area contributed by atoms with Gasteiger partial charge in [0, 0.05) is 11.3 Å². The van der Waals surface area contributed by atoms with Crippen molar-refractivity contribution in [3.05, 3.63) is 59.2 Å². The summed E-state index contributed by atoms with van der Waals surface area (Å²) in [5, 5.41) is 3.09. The Bertz CT molecular complexity index is 864. The van der Waals surface area contributed by atoms with Crippen molar-refractivity contribution in [3.8, 4) is 5.75 Å². The molecule has 0 aromatic heterocycles. The molecule has 0 heterocycles. The standard InChI is InChI=1S/C25H29NO2/c1-16-9-21(25-13-17-10-18(14-25)12-19(11-17)15-25)5-8-23(16)26-24(27)20-3-6-22(28-2)7-4-20/h3-9,17-19H,10-15H2,1-2H3,(H,26,27). The largest absolute Gasteiger partial charge is 0.497 e. The van der Waals surface area contributed by atoms with Gasteiger partial charge in [0.15, 0.2) is 0 Å². The molecule has 3 nitrogen and oxygen atoms in total. The maximum atomic E-state index is 12.6. The van der Waals surface area contributed by atoms with E-state index < -0.39 is 0 Å². The van der Waals surface area contributed by atoms with E-state index in [1.807, 2.05) is 12.1 Å². The number of hydrogen-bond donors (Lipinski definition) is 1. The van der Waals surface area contributed by atoms with Gasteiger partial charge in [-0.3, -0.25) is 4.79 Å². The zero-order valence-corrected chi connectivity index (χ0v) is 16.8. The first-order valence-electron chi connectivity index (χ1n) is 10.6. The number of amides is 1. The van der Waals surface area contributed by atoms with Crippen LogP contribution in [0.1, 0.15) is 60.0 Å². The Labute approximate surface area is 167 Å². The number of nitrogens with one attached hydrogen (secondary N) is 1. The van der Waals surface area contributed by atoms with Gasteiger partial charge >= 0.3 is 0 Å². The van der Waals surface area contributed by atoms with Crippen molar-refractivity contribution in [2.45, 2.75) is 50.9 Å². The Hall–Kier alpha value is -2.29. The van der Waals surface area contributed by atoms with Gasteiger partial charge < -0.3 is 10.1 Å². The van der Waals surface area contributed by atoms with Crippen molar-refractivity contribution >= 4 is 11.6 Å². The van der Waals surface area contributed by atoms with Gasteiger partial charge in [0.2, 0.25) is 0 Å². The normalized spacial score (nSPS) is 30.3. The molecule has 0 atom stereocenters. The first-order chi connectivity index (χ1) is 13.5. The molecule has 6 rings (SSSR count). The topological polar surface area (TPSA) is 38.3 Å². The highest BCUT2D eigenvalue weighted by atomic mass is 16.5. The van der Waals surface area contributed by atoms with Crippen molar-refractivity contribution in [1.82, 2.24) is 0 Å². The van der Waals surface area contributed by atoms with Crippen LogP contribution in [0.25, 0.3) is 0 Å². The zero-order chi connectivity index (χ0) is 19.3. The molecule has 4 fully saturated rings. The van der Waals surface area contributed by atoms with Crippen molar-refractivity contribution in [3.63, 3.8) is 0 Å². The number of anilines is 1. The van der Waals surface area contributed by atoms with E-state index in [9.17, 15) is 4.79 Å². The summed E-state index contributed by atoms with van der Waals surface area (Å²) in [6.45, 7) is 2.12. The fourth-order valence-electron chi connectivity index (χ4n) is 6.53. The zero-order valence-electron chi connectivity index (χ0n) is 16.8. The Kier molecular flexibility index (Phi) is 4.22. The first-order valence-corrected chi connectivity index (χ1v) is 10.6. The van der Waals surface area contributed by atoms with Gasteiger partial charge in [-0.2, -0.15) is 0 Å². The number of methoxy groups -OCH3 is 1. The average Bonchev–Trinajstić information content (AvgIpc) is 2.68. The molecule has 0 radical (unpaired) electrons. The summed E-state index contributed by atoms with van der Waals surface area (Å²) in [5.74, 6) is 3.52. The van der Waals surface area contributed by atoms with Gasteiger partial charge in [0.1, 0.15) is 5.75 Å². The maximum Gasteiger partial charge on any atom is 0.255 e. The minimum absolute atomic E-state index is 0.0756. The van der Waals surface area contributed by atoms with Gasteiger partial charge in [0.25, 0.3) is 5.91 Å². The molecule has 1 amide bonds. The smallest absolute Gasteiger partial charge is 0.255 e. The average molecular weight is 376 g/mol. The van der Waals surface area contributed by atoms with E-state index in [1.54, 1.807) is 19.2 Å². The molecule has 2 aromatic rings. The third-order valence-electron chi connectivity index (χ3n) is 7.48. The molecular weight excluding hydrogens is 346 g/mol. The number of carbonyl (C=O) groups is 1. The highest BCUT2D eigenvalue weighted by molar-refractivity contribution is 6.04. The second kappa shape index (κ2) is 6.65. The van der Waals surface area contributed by atoms with E-state index in [4.69, 9.17) is 4.74 Å². The third kappa shape index (κ3) is 3.01. The summed E-state index contributed by atoms with van der Waals surface area (Å²) in [6.07, 6.45) is 8.51. The van der Waals surface area contributed by atoms with Crippen LogP contribution in [0.4, 0.5) is 5.69 Å². The summed E-state index contributed by atoms with van der Waals surface area (Å²) in [5.41, 5.74) is 4.62. The highest BCUT2D eigenvalue weighted by Crippen LogP contribution is 2.60. The summed E-state index contributed by atoms with van der Waals surface area (Å²) in [7, 11) is 1.63. The predicted octanol–water partition coefficient (Wildman–Crippen LogP) is 5.72. The molecular formula is C25H29NO2. The van der Waals surface area contributed by atoms with Crippen molar-refractivity contribution in [1.29, 1.82) is 0 Å². The fraction of sp³-hybridized carbons (Fsp3) is 0.480. The first kappa shape index (κ1) is 17.8. The lowest BCUT2D eigenvalue weighted by Crippen LogP contribution is -2.48. The Morgan fingerprint density at radius 3 is 2.11 bits per heavy atom. The van der Waals surface area contributed by atoms with E-state index in [0.29, 0.717) is 11.0 Å². The predicted molar refractivity (Wildman–Crippen MR) is 112 cm³/mol. The highest BCUT2D eigenvalue weighted by Gasteiger charge is 2.51. The molecule has 0 unspecified atom stereocenters. The van der Waals surface area contributed by atoms with Gasteiger partial charge in [-0.05, 0) is 110 Å². The van der Waals surface area contributed by atoms with Crippen LogP contribution in [0.2, 0.25) is 0 Å². The lowest BCUT2D eigenvalue weighted by Gasteiger charge is -2.57. The van der Waals surface area contributed by atoms with Crippen LogP contribution in [-0.2, 0) is 5.41 Å². The van der Waals surface area contributed by atoms with Crippen LogP contribution in [-0.4, -0.2) is 13.0 Å². The number of hydrogen-bond acceptors (Lipinski definition) is 2.